The van der Waals surface area contributed by atoms with Gasteiger partial charge in [-0.3, -0.25) is 52.7 Å². The standard InChI is InChI=1S/C100H156O27/c1-5-7-20-44-81-57-59-82(60-58-81)83-61-67-86(68-62-83)125-100(113)84-63-65-85(66-64-84)114-69-33-9-10-34-70-115-87(101)45-22-11-35-71-116-88(102)46-23-14-38-74-120-92(106)50-28-17-41-77-123-95(109)53-31-32-56-98(126-96(110)54-21-8-6-2)127-97(111)55-30-19-42-78-122-93(107)51-27-16-39-75-119-90(104)48-25-13-36-72-117-89(103)47-24-12-37-73-118-91(105)49-26-15-40-76-121-94(108)52-29-18-43-79-124-99(112)80(3)4/h61-68,81-82,98H,3,5-60,69-79H2,1-2,4H3. The third kappa shape index (κ3) is 65.3. The number of esters is 13. The number of benzene rings is 2. The van der Waals surface area contributed by atoms with Gasteiger partial charge in [0.2, 0.25) is 6.29 Å². The summed E-state index contributed by atoms with van der Waals surface area (Å²) in [5.41, 5.74) is 2.14. The summed E-state index contributed by atoms with van der Waals surface area (Å²) in [7, 11) is 0. The summed E-state index contributed by atoms with van der Waals surface area (Å²) in [6.07, 6.45) is 36.2. The Morgan fingerprint density at radius 1 is 0.291 bits per heavy atom. The van der Waals surface area contributed by atoms with Gasteiger partial charge < -0.3 is 66.3 Å². The first-order valence-corrected chi connectivity index (χ1v) is 48.4. The fourth-order valence-electron chi connectivity index (χ4n) is 14.1. The highest BCUT2D eigenvalue weighted by Crippen LogP contribution is 2.38. The van der Waals surface area contributed by atoms with Crippen LogP contribution in [-0.2, 0) is 114 Å². The van der Waals surface area contributed by atoms with Crippen molar-refractivity contribution in [3.05, 3.63) is 71.8 Å². The molecule has 1 atom stereocenters. The summed E-state index contributed by atoms with van der Waals surface area (Å²) >= 11 is 0. The van der Waals surface area contributed by atoms with Gasteiger partial charge in [0, 0.05) is 82.6 Å². The molecule has 0 heterocycles. The quantitative estimate of drug-likeness (QED) is 0.0148. The second-order valence-corrected chi connectivity index (χ2v) is 33.3. The maximum atomic E-state index is 12.9. The fraction of sp³-hybridized carbons (Fsp3) is 0.730. The van der Waals surface area contributed by atoms with Crippen molar-refractivity contribution in [2.24, 2.45) is 5.92 Å². The molecule has 0 radical (unpaired) electrons. The Labute approximate surface area is 757 Å². The molecule has 0 spiro atoms. The molecule has 1 unspecified atom stereocenters. The molecule has 2 aromatic carbocycles. The van der Waals surface area contributed by atoms with Gasteiger partial charge in [0.25, 0.3) is 0 Å². The van der Waals surface area contributed by atoms with Gasteiger partial charge in [0.05, 0.1) is 78.2 Å². The van der Waals surface area contributed by atoms with Gasteiger partial charge in [-0.25, -0.2) is 9.59 Å². The van der Waals surface area contributed by atoms with Crippen molar-refractivity contribution in [3.63, 3.8) is 0 Å². The summed E-state index contributed by atoms with van der Waals surface area (Å²) in [4.78, 5) is 160. The average Bonchev–Trinajstić information content (AvgIpc) is 0.845. The van der Waals surface area contributed by atoms with Crippen LogP contribution < -0.4 is 9.47 Å². The fourth-order valence-corrected chi connectivity index (χ4v) is 14.1. The molecular weight excluding hydrogens is 1630 g/mol. The maximum absolute atomic E-state index is 12.9. The van der Waals surface area contributed by atoms with Crippen LogP contribution in [0.3, 0.4) is 0 Å². The van der Waals surface area contributed by atoms with Crippen molar-refractivity contribution in [1.82, 2.24) is 0 Å². The van der Waals surface area contributed by atoms with Crippen LogP contribution in [0.4, 0.5) is 0 Å². The van der Waals surface area contributed by atoms with E-state index in [1.54, 1.807) is 31.2 Å². The minimum Gasteiger partial charge on any atom is -0.494 e. The van der Waals surface area contributed by atoms with Crippen molar-refractivity contribution in [2.75, 3.05) is 72.7 Å². The lowest BCUT2D eigenvalue weighted by molar-refractivity contribution is -0.189. The van der Waals surface area contributed by atoms with Crippen molar-refractivity contribution in [3.8, 4) is 11.5 Å². The lowest BCUT2D eigenvalue weighted by atomic mass is 9.77. The molecule has 3 rings (SSSR count). The van der Waals surface area contributed by atoms with E-state index in [1.807, 2.05) is 19.1 Å². The number of hydrogen-bond acceptors (Lipinski definition) is 27. The van der Waals surface area contributed by atoms with Crippen LogP contribution >= 0.6 is 0 Å². The van der Waals surface area contributed by atoms with Crippen LogP contribution in [0, 0.1) is 5.92 Å². The number of rotatable bonds is 81. The maximum Gasteiger partial charge on any atom is 0.343 e. The van der Waals surface area contributed by atoms with Crippen molar-refractivity contribution in [2.45, 2.75) is 393 Å². The van der Waals surface area contributed by atoms with E-state index in [-0.39, 0.29) is 158 Å². The van der Waals surface area contributed by atoms with Gasteiger partial charge in [-0.2, -0.15) is 0 Å². The smallest absolute Gasteiger partial charge is 0.343 e. The van der Waals surface area contributed by atoms with E-state index in [4.69, 9.17) is 66.3 Å². The first kappa shape index (κ1) is 112. The van der Waals surface area contributed by atoms with Gasteiger partial charge in [-0.1, -0.05) is 71.1 Å². The second-order valence-electron chi connectivity index (χ2n) is 33.3. The lowest BCUT2D eigenvalue weighted by Gasteiger charge is -2.29. The van der Waals surface area contributed by atoms with E-state index in [0.717, 1.165) is 63.7 Å². The van der Waals surface area contributed by atoms with E-state index >= 15 is 0 Å². The van der Waals surface area contributed by atoms with E-state index in [1.165, 1.54) is 56.9 Å². The zero-order valence-corrected chi connectivity index (χ0v) is 77.5. The van der Waals surface area contributed by atoms with Crippen LogP contribution in [0.25, 0.3) is 0 Å². The summed E-state index contributed by atoms with van der Waals surface area (Å²) in [6.45, 7) is 12.7. The Balaban J connectivity index is 1.04. The summed E-state index contributed by atoms with van der Waals surface area (Å²) in [5.74, 6) is -1.78. The summed E-state index contributed by atoms with van der Waals surface area (Å²) in [6, 6.07) is 15.0. The third-order valence-corrected chi connectivity index (χ3v) is 21.8. The molecule has 0 N–H and O–H groups in total. The average molecular weight is 1790 g/mol. The molecule has 1 saturated carbocycles. The lowest BCUT2D eigenvalue weighted by Crippen LogP contribution is -2.25. The van der Waals surface area contributed by atoms with E-state index in [2.05, 4.69) is 25.6 Å². The van der Waals surface area contributed by atoms with E-state index < -0.39 is 30.2 Å². The van der Waals surface area contributed by atoms with Crippen LogP contribution in [-0.4, -0.2) is 157 Å². The molecule has 27 nitrogen and oxygen atoms in total. The highest BCUT2D eigenvalue weighted by molar-refractivity contribution is 5.91. The monoisotopic (exact) mass is 1790 g/mol. The second kappa shape index (κ2) is 77.1. The number of carbonyl (C=O) groups is 13. The van der Waals surface area contributed by atoms with Crippen LogP contribution in [0.15, 0.2) is 60.7 Å². The molecule has 718 valence electrons. The molecule has 1 aliphatic rings. The van der Waals surface area contributed by atoms with Gasteiger partial charge in [-0.05, 0) is 305 Å². The Kier molecular flexibility index (Phi) is 68.1. The normalized spacial score (nSPS) is 13.1. The van der Waals surface area contributed by atoms with Crippen LogP contribution in [0.5, 0.6) is 11.5 Å². The third-order valence-electron chi connectivity index (χ3n) is 21.8. The van der Waals surface area contributed by atoms with Crippen LogP contribution in [0.2, 0.25) is 0 Å². The molecule has 1 fully saturated rings. The molecular formula is C100H156O27. The number of unbranched alkanes of at least 4 members (excludes halogenated alkanes) is 26. The van der Waals surface area contributed by atoms with Crippen molar-refractivity contribution >= 4 is 77.6 Å². The predicted octanol–water partition coefficient (Wildman–Crippen LogP) is 21.3. The van der Waals surface area contributed by atoms with Gasteiger partial charge in [0.1, 0.15) is 11.5 Å². The molecule has 0 amide bonds. The minimum absolute atomic E-state index is 0.0818. The van der Waals surface area contributed by atoms with Crippen LogP contribution in [0.1, 0.15) is 402 Å². The molecule has 27 heteroatoms. The zero-order valence-electron chi connectivity index (χ0n) is 77.5. The highest BCUT2D eigenvalue weighted by atomic mass is 16.7. The molecule has 2 aromatic rings. The summed E-state index contributed by atoms with van der Waals surface area (Å²) in [5, 5.41) is 0. The Morgan fingerprint density at radius 3 is 0.874 bits per heavy atom. The molecule has 0 saturated heterocycles. The molecule has 1 aliphatic carbocycles. The van der Waals surface area contributed by atoms with E-state index in [9.17, 15) is 62.3 Å². The molecule has 0 aliphatic heterocycles. The largest absolute Gasteiger partial charge is 0.494 e. The highest BCUT2D eigenvalue weighted by Gasteiger charge is 2.24. The predicted molar refractivity (Wildman–Crippen MR) is 480 cm³/mol. The van der Waals surface area contributed by atoms with Gasteiger partial charge in [0.15, 0.2) is 0 Å². The Bertz CT molecular complexity index is 3340. The first-order chi connectivity index (χ1) is 61.7. The van der Waals surface area contributed by atoms with Gasteiger partial charge >= 0.3 is 77.6 Å². The molecule has 0 bridgehead atoms. The molecule has 0 aromatic heterocycles. The SMILES string of the molecule is C=C(C)C(=O)OCCCCCC(=O)OCCCCCC(=O)OCCCCCC(=O)OCCCCCC(=O)OCCCCCC(=O)OCCCCCC(=O)OC(CCCCC(=O)OCCCCCC(=O)OCCCCCC(=O)OCCCCCC(=O)OCCCCCCOc1ccc(C(=O)Oc2ccc(C3CCC(CCCCC)CC3)cc2)cc1)OC(=O)CCCCC. The summed E-state index contributed by atoms with van der Waals surface area (Å²) < 4.78 is 75.7. The van der Waals surface area contributed by atoms with E-state index in [0.29, 0.717) is 248 Å². The topological polar surface area (TPSA) is 351 Å². The number of ether oxygens (including phenoxy) is 14. The molecule has 127 heavy (non-hydrogen) atoms. The Hall–Kier alpha value is -8.91. The minimum atomic E-state index is -1.09. The zero-order chi connectivity index (χ0) is 92.1. The van der Waals surface area contributed by atoms with Gasteiger partial charge in [-0.15, -0.1) is 0 Å². The first-order valence-electron chi connectivity index (χ1n) is 48.4. The van der Waals surface area contributed by atoms with Crippen molar-refractivity contribution < 1.29 is 129 Å². The van der Waals surface area contributed by atoms with Crippen molar-refractivity contribution in [1.29, 1.82) is 0 Å². The number of hydrogen-bond donors (Lipinski definition) is 0. The number of carbonyl (C=O) groups excluding carboxylic acids is 13. The Morgan fingerprint density at radius 2 is 0.559 bits per heavy atom.